The molecule has 0 atom stereocenters. The third-order valence-electron chi connectivity index (χ3n) is 4.90. The highest BCUT2D eigenvalue weighted by molar-refractivity contribution is 7.07. The first-order valence-corrected chi connectivity index (χ1v) is 11.0. The molecule has 1 aromatic heterocycles. The molecule has 0 unspecified atom stereocenters. The van der Waals surface area contributed by atoms with Crippen LogP contribution in [0.2, 0.25) is 0 Å². The molecule has 0 radical (unpaired) electrons. The van der Waals surface area contributed by atoms with Crippen LogP contribution in [0.15, 0.2) is 95.3 Å². The zero-order chi connectivity index (χ0) is 21.5. The fourth-order valence-corrected chi connectivity index (χ4v) is 4.33. The van der Waals surface area contributed by atoms with Gasteiger partial charge < -0.3 is 15.0 Å². The summed E-state index contributed by atoms with van der Waals surface area (Å²) in [4.78, 5) is 16.5. The number of para-hydroxylation sites is 1. The van der Waals surface area contributed by atoms with Gasteiger partial charge in [-0.25, -0.2) is 9.79 Å². The first kappa shape index (κ1) is 20.6. The smallest absolute Gasteiger partial charge is 0.404 e. The summed E-state index contributed by atoms with van der Waals surface area (Å²) in [7, 11) is 0. The molecule has 4 aromatic rings. The van der Waals surface area contributed by atoms with Crippen molar-refractivity contribution in [3.8, 4) is 22.4 Å². The number of hydrogen-bond acceptors (Lipinski definition) is 3. The van der Waals surface area contributed by atoms with E-state index < -0.39 is 6.09 Å². The van der Waals surface area contributed by atoms with E-state index in [2.05, 4.69) is 51.7 Å². The van der Waals surface area contributed by atoms with Crippen LogP contribution in [0.3, 0.4) is 0 Å². The molecule has 0 aliphatic carbocycles. The summed E-state index contributed by atoms with van der Waals surface area (Å²) >= 11 is 1.59. The monoisotopic (exact) mass is 429 g/mol. The van der Waals surface area contributed by atoms with Crippen LogP contribution in [0.5, 0.6) is 0 Å². The fraction of sp³-hybridized carbons (Fsp3) is 0.120. The normalized spacial score (nSPS) is 11.4. The molecule has 0 spiro atoms. The van der Waals surface area contributed by atoms with Crippen LogP contribution in [0.1, 0.15) is 6.42 Å². The van der Waals surface area contributed by atoms with Gasteiger partial charge in [-0.2, -0.15) is 0 Å². The zero-order valence-corrected chi connectivity index (χ0v) is 17.8. The molecule has 2 N–H and O–H groups in total. The highest BCUT2D eigenvalue weighted by atomic mass is 32.1. The molecular formula is C25H23N3O2S. The summed E-state index contributed by atoms with van der Waals surface area (Å²) < 4.78 is 2.17. The number of aromatic nitrogens is 1. The second kappa shape index (κ2) is 9.91. The van der Waals surface area contributed by atoms with Gasteiger partial charge in [-0.15, -0.1) is 11.3 Å². The maximum Gasteiger partial charge on any atom is 0.404 e. The molecule has 3 aromatic carbocycles. The highest BCUT2D eigenvalue weighted by Gasteiger charge is 2.09. The predicted octanol–water partition coefficient (Wildman–Crippen LogP) is 5.77. The van der Waals surface area contributed by atoms with Crippen molar-refractivity contribution < 1.29 is 9.90 Å². The lowest BCUT2D eigenvalue weighted by molar-refractivity contribution is 0.194. The maximum absolute atomic E-state index is 10.8. The molecule has 31 heavy (non-hydrogen) atoms. The SMILES string of the molecule is O=C(O)NCCCn1c(-c2ccc(-c3ccccc3)cc2)csc1=Nc1ccccc1. The quantitative estimate of drug-likeness (QED) is 0.366. The lowest BCUT2D eigenvalue weighted by atomic mass is 10.0. The molecular weight excluding hydrogens is 406 g/mol. The lowest BCUT2D eigenvalue weighted by Gasteiger charge is -2.10. The average molecular weight is 430 g/mol. The van der Waals surface area contributed by atoms with Gasteiger partial charge >= 0.3 is 6.09 Å². The van der Waals surface area contributed by atoms with Gasteiger partial charge in [0.15, 0.2) is 4.80 Å². The fourth-order valence-electron chi connectivity index (χ4n) is 3.37. The van der Waals surface area contributed by atoms with E-state index in [-0.39, 0.29) is 0 Å². The van der Waals surface area contributed by atoms with E-state index in [9.17, 15) is 4.79 Å². The van der Waals surface area contributed by atoms with Gasteiger partial charge in [-0.05, 0) is 35.2 Å². The van der Waals surface area contributed by atoms with Crippen molar-refractivity contribution in [1.29, 1.82) is 0 Å². The summed E-state index contributed by atoms with van der Waals surface area (Å²) in [5, 5.41) is 13.4. The van der Waals surface area contributed by atoms with Crippen LogP contribution >= 0.6 is 11.3 Å². The van der Waals surface area contributed by atoms with Crippen LogP contribution in [0, 0.1) is 0 Å². The molecule has 0 aliphatic heterocycles. The van der Waals surface area contributed by atoms with Gasteiger partial charge in [-0.3, -0.25) is 0 Å². The minimum absolute atomic E-state index is 0.398. The Kier molecular flexibility index (Phi) is 6.59. The minimum Gasteiger partial charge on any atom is -0.465 e. The molecule has 0 fully saturated rings. The van der Waals surface area contributed by atoms with Crippen molar-refractivity contribution >= 4 is 23.1 Å². The molecule has 5 nitrogen and oxygen atoms in total. The Balaban J connectivity index is 1.66. The van der Waals surface area contributed by atoms with E-state index in [4.69, 9.17) is 10.1 Å². The Morgan fingerprint density at radius 1 is 0.871 bits per heavy atom. The predicted molar refractivity (Wildman–Crippen MR) is 125 cm³/mol. The summed E-state index contributed by atoms with van der Waals surface area (Å²) in [6.07, 6.45) is -0.318. The van der Waals surface area contributed by atoms with E-state index in [0.29, 0.717) is 19.5 Å². The Morgan fingerprint density at radius 3 is 2.16 bits per heavy atom. The van der Waals surface area contributed by atoms with Gasteiger partial charge in [0, 0.05) is 18.5 Å². The first-order chi connectivity index (χ1) is 15.2. The third kappa shape index (κ3) is 5.29. The molecule has 156 valence electrons. The van der Waals surface area contributed by atoms with Crippen molar-refractivity contribution in [3.05, 3.63) is 95.1 Å². The molecule has 0 aliphatic rings. The Bertz CT molecular complexity index is 1200. The van der Waals surface area contributed by atoms with Crippen LogP contribution in [-0.2, 0) is 6.54 Å². The largest absolute Gasteiger partial charge is 0.465 e. The summed E-state index contributed by atoms with van der Waals surface area (Å²) in [5.74, 6) is 0. The van der Waals surface area contributed by atoms with E-state index in [1.165, 1.54) is 11.1 Å². The first-order valence-electron chi connectivity index (χ1n) is 10.1. The van der Waals surface area contributed by atoms with Crippen molar-refractivity contribution in [2.45, 2.75) is 13.0 Å². The zero-order valence-electron chi connectivity index (χ0n) is 16.9. The molecule has 0 bridgehead atoms. The van der Waals surface area contributed by atoms with E-state index in [1.54, 1.807) is 11.3 Å². The van der Waals surface area contributed by atoms with Gasteiger partial charge in [0.25, 0.3) is 0 Å². The van der Waals surface area contributed by atoms with Crippen molar-refractivity contribution in [2.24, 2.45) is 4.99 Å². The van der Waals surface area contributed by atoms with Crippen molar-refractivity contribution in [2.75, 3.05) is 6.54 Å². The van der Waals surface area contributed by atoms with Crippen LogP contribution in [0.4, 0.5) is 10.5 Å². The van der Waals surface area contributed by atoms with Gasteiger partial charge in [0.1, 0.15) is 0 Å². The number of carboxylic acid groups (broad SMARTS) is 1. The Morgan fingerprint density at radius 2 is 1.48 bits per heavy atom. The topological polar surface area (TPSA) is 66.6 Å². The maximum atomic E-state index is 10.8. The Labute approximate surface area is 185 Å². The molecule has 1 heterocycles. The Hall–Kier alpha value is -3.64. The van der Waals surface area contributed by atoms with Crippen LogP contribution in [-0.4, -0.2) is 22.3 Å². The third-order valence-corrected chi connectivity index (χ3v) is 5.76. The molecule has 0 saturated carbocycles. The molecule has 0 saturated heterocycles. The second-order valence-electron chi connectivity index (χ2n) is 7.03. The minimum atomic E-state index is -0.999. The van der Waals surface area contributed by atoms with E-state index in [0.717, 1.165) is 21.7 Å². The summed E-state index contributed by atoms with van der Waals surface area (Å²) in [6, 6.07) is 28.7. The van der Waals surface area contributed by atoms with Crippen LogP contribution in [0.25, 0.3) is 22.4 Å². The van der Waals surface area contributed by atoms with Gasteiger partial charge in [-0.1, -0.05) is 72.8 Å². The standard InChI is InChI=1S/C25H23N3O2S/c29-25(30)26-16-7-17-28-23(18-31-24(28)27-22-10-5-2-6-11-22)21-14-12-20(13-15-21)19-8-3-1-4-9-19/h1-6,8-15,18,26H,7,16-17H2,(H,29,30). The van der Waals surface area contributed by atoms with Crippen LogP contribution < -0.4 is 10.1 Å². The molecule has 1 amide bonds. The lowest BCUT2D eigenvalue weighted by Crippen LogP contribution is -2.24. The number of carbonyl (C=O) groups is 1. The average Bonchev–Trinajstić information content (AvgIpc) is 3.20. The number of hydrogen-bond donors (Lipinski definition) is 2. The van der Waals surface area contributed by atoms with E-state index in [1.807, 2.05) is 48.5 Å². The summed E-state index contributed by atoms with van der Waals surface area (Å²) in [6.45, 7) is 1.07. The number of rotatable bonds is 7. The number of amides is 1. The van der Waals surface area contributed by atoms with Crippen molar-refractivity contribution in [3.63, 3.8) is 0 Å². The van der Waals surface area contributed by atoms with Gasteiger partial charge in [0.2, 0.25) is 0 Å². The van der Waals surface area contributed by atoms with E-state index >= 15 is 0 Å². The molecule has 4 rings (SSSR count). The highest BCUT2D eigenvalue weighted by Crippen LogP contribution is 2.25. The number of benzene rings is 3. The van der Waals surface area contributed by atoms with Crippen molar-refractivity contribution in [1.82, 2.24) is 9.88 Å². The van der Waals surface area contributed by atoms with Gasteiger partial charge in [0.05, 0.1) is 11.4 Å². The second-order valence-corrected chi connectivity index (χ2v) is 7.87. The summed E-state index contributed by atoms with van der Waals surface area (Å²) in [5.41, 5.74) is 5.44. The number of thiazole rings is 1. The molecule has 6 heteroatoms. The number of nitrogens with zero attached hydrogens (tertiary/aromatic N) is 2. The number of nitrogens with one attached hydrogen (secondary N) is 1.